The SMILES string of the molecule is O=P(O)(O)c1cc[nH]c1. The van der Waals surface area contributed by atoms with Crippen LogP contribution in [0.2, 0.25) is 0 Å². The molecule has 5 heteroatoms. The van der Waals surface area contributed by atoms with Crippen molar-refractivity contribution in [3.8, 4) is 0 Å². The summed E-state index contributed by atoms with van der Waals surface area (Å²) in [4.78, 5) is 19.5. The fraction of sp³-hybridized carbons (Fsp3) is 0. The Labute approximate surface area is 51.7 Å². The molecule has 0 aliphatic rings. The van der Waals surface area contributed by atoms with Gasteiger partial charge in [0.25, 0.3) is 0 Å². The first-order chi connectivity index (χ1) is 4.11. The van der Waals surface area contributed by atoms with Crippen LogP contribution in [0.15, 0.2) is 18.5 Å². The van der Waals surface area contributed by atoms with Gasteiger partial charge in [-0.25, -0.2) is 0 Å². The predicted octanol–water partition coefficient (Wildman–Crippen LogP) is -0.182. The standard InChI is InChI=1S/C4H6NO3P/c6-9(7,8)4-1-2-5-3-4/h1-3,5H,(H2,6,7,8). The normalized spacial score (nSPS) is 11.8. The minimum absolute atomic E-state index is 0.0301. The van der Waals surface area contributed by atoms with E-state index in [9.17, 15) is 4.57 Å². The Morgan fingerprint density at radius 3 is 2.44 bits per heavy atom. The topological polar surface area (TPSA) is 73.3 Å². The summed E-state index contributed by atoms with van der Waals surface area (Å²) in [6.45, 7) is 0. The third kappa shape index (κ3) is 1.42. The molecule has 1 rings (SSSR count). The molecular formula is C4H6NO3P. The van der Waals surface area contributed by atoms with E-state index in [1.165, 1.54) is 18.5 Å². The average molecular weight is 147 g/mol. The van der Waals surface area contributed by atoms with Gasteiger partial charge in [-0.1, -0.05) is 0 Å². The number of nitrogens with one attached hydrogen (secondary N) is 1. The summed E-state index contributed by atoms with van der Waals surface area (Å²) in [5.74, 6) is 0. The van der Waals surface area contributed by atoms with Crippen LogP contribution in [0.1, 0.15) is 0 Å². The highest BCUT2D eigenvalue weighted by Gasteiger charge is 2.15. The maximum Gasteiger partial charge on any atom is 0.357 e. The molecule has 4 nitrogen and oxygen atoms in total. The number of H-pyrrole nitrogens is 1. The van der Waals surface area contributed by atoms with E-state index in [4.69, 9.17) is 9.79 Å². The zero-order valence-corrected chi connectivity index (χ0v) is 5.38. The molecule has 1 aromatic heterocycles. The van der Waals surface area contributed by atoms with Crippen LogP contribution in [0.4, 0.5) is 0 Å². The maximum absolute atomic E-state index is 10.4. The van der Waals surface area contributed by atoms with Gasteiger partial charge < -0.3 is 14.8 Å². The summed E-state index contributed by atoms with van der Waals surface area (Å²) in [5.41, 5.74) is 0. The van der Waals surface area contributed by atoms with Gasteiger partial charge in [-0.2, -0.15) is 0 Å². The number of aromatic nitrogens is 1. The fourth-order valence-corrected chi connectivity index (χ4v) is 1.01. The van der Waals surface area contributed by atoms with Crippen molar-refractivity contribution in [3.63, 3.8) is 0 Å². The van der Waals surface area contributed by atoms with Crippen LogP contribution < -0.4 is 5.30 Å². The lowest BCUT2D eigenvalue weighted by molar-refractivity contribution is 0.387. The summed E-state index contributed by atoms with van der Waals surface area (Å²) >= 11 is 0. The molecule has 0 radical (unpaired) electrons. The van der Waals surface area contributed by atoms with Gasteiger partial charge >= 0.3 is 7.60 Å². The molecule has 0 fully saturated rings. The molecule has 1 aromatic rings. The first-order valence-electron chi connectivity index (χ1n) is 2.29. The van der Waals surface area contributed by atoms with Gasteiger partial charge in [0.1, 0.15) is 0 Å². The van der Waals surface area contributed by atoms with Crippen LogP contribution in [0.3, 0.4) is 0 Å². The molecule has 0 spiro atoms. The second kappa shape index (κ2) is 1.99. The molecule has 0 atom stereocenters. The first kappa shape index (κ1) is 6.55. The molecule has 0 aromatic carbocycles. The van der Waals surface area contributed by atoms with Crippen LogP contribution in [0, 0.1) is 0 Å². The van der Waals surface area contributed by atoms with Crippen LogP contribution in [-0.2, 0) is 4.57 Å². The largest absolute Gasteiger partial charge is 0.367 e. The summed E-state index contributed by atoms with van der Waals surface area (Å²) in [7, 11) is -4.00. The lowest BCUT2D eigenvalue weighted by atomic mass is 10.7. The van der Waals surface area contributed by atoms with Gasteiger partial charge in [0.05, 0.1) is 5.30 Å². The van der Waals surface area contributed by atoms with Crippen LogP contribution in [0.5, 0.6) is 0 Å². The van der Waals surface area contributed by atoms with Gasteiger partial charge in [-0.05, 0) is 6.07 Å². The molecule has 0 aliphatic heterocycles. The van der Waals surface area contributed by atoms with Crippen LogP contribution in [-0.4, -0.2) is 14.8 Å². The van der Waals surface area contributed by atoms with Crippen LogP contribution in [0.25, 0.3) is 0 Å². The molecule has 0 aliphatic carbocycles. The van der Waals surface area contributed by atoms with Gasteiger partial charge in [-0.3, -0.25) is 4.57 Å². The molecule has 0 unspecified atom stereocenters. The van der Waals surface area contributed by atoms with Gasteiger partial charge in [-0.15, -0.1) is 0 Å². The molecule has 50 valence electrons. The molecular weight excluding hydrogens is 141 g/mol. The van der Waals surface area contributed by atoms with Crippen molar-refractivity contribution in [2.75, 3.05) is 0 Å². The highest BCUT2D eigenvalue weighted by atomic mass is 31.2. The number of aromatic amines is 1. The summed E-state index contributed by atoms with van der Waals surface area (Å²) in [6, 6.07) is 1.35. The smallest absolute Gasteiger partial charge is 0.357 e. The Morgan fingerprint density at radius 1 is 1.56 bits per heavy atom. The molecule has 0 amide bonds. The second-order valence-corrected chi connectivity index (χ2v) is 3.22. The Balaban J connectivity index is 3.04. The van der Waals surface area contributed by atoms with E-state index >= 15 is 0 Å². The van der Waals surface area contributed by atoms with E-state index in [0.717, 1.165) is 0 Å². The molecule has 9 heavy (non-hydrogen) atoms. The fourth-order valence-electron chi connectivity index (χ4n) is 0.496. The van der Waals surface area contributed by atoms with Crippen molar-refractivity contribution in [2.45, 2.75) is 0 Å². The minimum atomic E-state index is -4.00. The zero-order chi connectivity index (χ0) is 6.91. The molecule has 0 bridgehead atoms. The highest BCUT2D eigenvalue weighted by molar-refractivity contribution is 7.60. The van der Waals surface area contributed by atoms with E-state index in [2.05, 4.69) is 4.98 Å². The van der Waals surface area contributed by atoms with Crippen molar-refractivity contribution in [2.24, 2.45) is 0 Å². The molecule has 0 saturated heterocycles. The van der Waals surface area contributed by atoms with Crippen molar-refractivity contribution in [3.05, 3.63) is 18.5 Å². The van der Waals surface area contributed by atoms with E-state index in [0.29, 0.717) is 0 Å². The second-order valence-electron chi connectivity index (χ2n) is 1.61. The van der Waals surface area contributed by atoms with Crippen molar-refractivity contribution >= 4 is 12.9 Å². The Morgan fingerprint density at radius 2 is 2.22 bits per heavy atom. The molecule has 1 heterocycles. The minimum Gasteiger partial charge on any atom is -0.367 e. The summed E-state index contributed by atoms with van der Waals surface area (Å²) in [5, 5.41) is 0.0301. The molecule has 3 N–H and O–H groups in total. The predicted molar refractivity (Wildman–Crippen MR) is 32.5 cm³/mol. The first-order valence-corrected chi connectivity index (χ1v) is 3.91. The zero-order valence-electron chi connectivity index (χ0n) is 4.48. The number of hydrogen-bond donors (Lipinski definition) is 3. The maximum atomic E-state index is 10.4. The van der Waals surface area contributed by atoms with Crippen molar-refractivity contribution in [1.82, 2.24) is 4.98 Å². The quantitative estimate of drug-likeness (QED) is 0.482. The monoisotopic (exact) mass is 147 g/mol. The lowest BCUT2D eigenvalue weighted by Gasteiger charge is -1.96. The Kier molecular flexibility index (Phi) is 1.45. The molecule has 0 saturated carbocycles. The van der Waals surface area contributed by atoms with Crippen molar-refractivity contribution < 1.29 is 14.4 Å². The van der Waals surface area contributed by atoms with Crippen molar-refractivity contribution in [1.29, 1.82) is 0 Å². The lowest BCUT2D eigenvalue weighted by Crippen LogP contribution is -1.97. The van der Waals surface area contributed by atoms with Gasteiger partial charge in [0.15, 0.2) is 0 Å². The number of hydrogen-bond acceptors (Lipinski definition) is 1. The summed E-state index contributed by atoms with van der Waals surface area (Å²) < 4.78 is 10.4. The van der Waals surface area contributed by atoms with Crippen LogP contribution >= 0.6 is 7.60 Å². The van der Waals surface area contributed by atoms with Gasteiger partial charge in [0.2, 0.25) is 0 Å². The van der Waals surface area contributed by atoms with E-state index < -0.39 is 7.60 Å². The van der Waals surface area contributed by atoms with E-state index in [-0.39, 0.29) is 5.30 Å². The average Bonchev–Trinajstić information content (AvgIpc) is 2.08. The Bertz CT molecular complexity index is 224. The summed E-state index contributed by atoms with van der Waals surface area (Å²) in [6.07, 6.45) is 2.75. The number of rotatable bonds is 1. The highest BCUT2D eigenvalue weighted by Crippen LogP contribution is 2.32. The Hall–Kier alpha value is -0.570. The third-order valence-electron chi connectivity index (χ3n) is 0.918. The van der Waals surface area contributed by atoms with Gasteiger partial charge in [0, 0.05) is 12.4 Å². The van der Waals surface area contributed by atoms with E-state index in [1.54, 1.807) is 0 Å². The van der Waals surface area contributed by atoms with E-state index in [1.807, 2.05) is 0 Å². The third-order valence-corrected chi connectivity index (χ3v) is 1.87.